The first kappa shape index (κ1) is 13.6. The van der Waals surface area contributed by atoms with Gasteiger partial charge in [-0.15, -0.1) is 0 Å². The zero-order chi connectivity index (χ0) is 12.0. The van der Waals surface area contributed by atoms with Crippen LogP contribution in [0.3, 0.4) is 0 Å². The largest absolute Gasteiger partial charge is 0.342 e. The van der Waals surface area contributed by atoms with Crippen LogP contribution in [0.15, 0.2) is 12.2 Å². The molecule has 3 nitrogen and oxygen atoms in total. The number of hydrogen-bond donors (Lipinski definition) is 2. The molecule has 0 aromatic heterocycles. The Balaban J connectivity index is 2.46. The lowest BCUT2D eigenvalue weighted by molar-refractivity contribution is 0.255. The third-order valence-corrected chi connectivity index (χ3v) is 3.41. The van der Waals surface area contributed by atoms with E-state index in [1.165, 1.54) is 18.2 Å². The smallest absolute Gasteiger partial charge is 0.279 e. The molecule has 0 aromatic carbocycles. The first-order chi connectivity index (χ1) is 7.59. The SMILES string of the molecule is CC(C)SC(=O)NC1CCCC/C=C/C1N. The normalized spacial score (nSPS) is 28.2. The van der Waals surface area contributed by atoms with Crippen LogP contribution < -0.4 is 11.1 Å². The predicted octanol–water partition coefficient (Wildman–Crippen LogP) is 2.66. The number of nitrogens with two attached hydrogens (primary N) is 1. The van der Waals surface area contributed by atoms with Crippen molar-refractivity contribution in [3.8, 4) is 0 Å². The highest BCUT2D eigenvalue weighted by Gasteiger charge is 2.19. The molecule has 0 fully saturated rings. The van der Waals surface area contributed by atoms with E-state index in [-0.39, 0.29) is 17.3 Å². The van der Waals surface area contributed by atoms with Crippen molar-refractivity contribution in [2.75, 3.05) is 0 Å². The molecule has 0 radical (unpaired) electrons. The summed E-state index contributed by atoms with van der Waals surface area (Å²) in [5.74, 6) is 0. The van der Waals surface area contributed by atoms with Crippen LogP contribution in [-0.2, 0) is 0 Å². The van der Waals surface area contributed by atoms with Gasteiger partial charge in [0.2, 0.25) is 0 Å². The average Bonchev–Trinajstić information content (AvgIpc) is 2.16. The summed E-state index contributed by atoms with van der Waals surface area (Å²) >= 11 is 1.33. The molecule has 16 heavy (non-hydrogen) atoms. The molecular weight excluding hydrogens is 220 g/mol. The standard InChI is InChI=1S/C12H22N2OS/c1-9(2)16-12(15)14-11-8-6-4-3-5-7-10(11)13/h5,7,9-11H,3-4,6,8,13H2,1-2H3,(H,14,15)/b7-5+. The lowest BCUT2D eigenvalue weighted by Crippen LogP contribution is -2.46. The predicted molar refractivity (Wildman–Crippen MR) is 70.6 cm³/mol. The van der Waals surface area contributed by atoms with E-state index in [9.17, 15) is 4.79 Å². The molecule has 92 valence electrons. The van der Waals surface area contributed by atoms with Gasteiger partial charge in [-0.05, 0) is 19.3 Å². The number of thioether (sulfide) groups is 1. The average molecular weight is 242 g/mol. The van der Waals surface area contributed by atoms with Crippen molar-refractivity contribution in [2.24, 2.45) is 5.73 Å². The highest BCUT2D eigenvalue weighted by molar-refractivity contribution is 8.14. The van der Waals surface area contributed by atoms with E-state index >= 15 is 0 Å². The van der Waals surface area contributed by atoms with Crippen LogP contribution in [0.4, 0.5) is 4.79 Å². The lowest BCUT2D eigenvalue weighted by Gasteiger charge is -2.24. The third kappa shape index (κ3) is 5.03. The van der Waals surface area contributed by atoms with Crippen molar-refractivity contribution < 1.29 is 4.79 Å². The van der Waals surface area contributed by atoms with E-state index < -0.39 is 0 Å². The quantitative estimate of drug-likeness (QED) is 0.732. The van der Waals surface area contributed by atoms with Gasteiger partial charge in [-0.25, -0.2) is 0 Å². The number of carbonyl (C=O) groups is 1. The van der Waals surface area contributed by atoms with Gasteiger partial charge in [-0.2, -0.15) is 0 Å². The molecule has 1 aliphatic rings. The summed E-state index contributed by atoms with van der Waals surface area (Å²) < 4.78 is 0. The van der Waals surface area contributed by atoms with Gasteiger partial charge in [0.1, 0.15) is 0 Å². The summed E-state index contributed by atoms with van der Waals surface area (Å²) in [6.07, 6.45) is 8.55. The maximum absolute atomic E-state index is 11.6. The fraction of sp³-hybridized carbons (Fsp3) is 0.750. The molecular formula is C12H22N2OS. The van der Waals surface area contributed by atoms with Gasteiger partial charge in [0.05, 0.1) is 0 Å². The van der Waals surface area contributed by atoms with E-state index in [4.69, 9.17) is 5.73 Å². The molecule has 0 saturated heterocycles. The number of amides is 1. The Bertz CT molecular complexity index is 253. The summed E-state index contributed by atoms with van der Waals surface area (Å²) in [7, 11) is 0. The third-order valence-electron chi connectivity index (χ3n) is 2.60. The topological polar surface area (TPSA) is 55.1 Å². The van der Waals surface area contributed by atoms with Crippen molar-refractivity contribution in [1.82, 2.24) is 5.32 Å². The molecule has 0 bridgehead atoms. The van der Waals surface area contributed by atoms with Crippen molar-refractivity contribution in [1.29, 1.82) is 0 Å². The Hall–Kier alpha value is -0.480. The van der Waals surface area contributed by atoms with Crippen LogP contribution in [0.2, 0.25) is 0 Å². The Morgan fingerprint density at radius 3 is 2.94 bits per heavy atom. The monoisotopic (exact) mass is 242 g/mol. The number of rotatable bonds is 2. The molecule has 1 aliphatic carbocycles. The molecule has 0 spiro atoms. The Morgan fingerprint density at radius 2 is 2.25 bits per heavy atom. The minimum Gasteiger partial charge on any atom is -0.342 e. The number of allylic oxidation sites excluding steroid dienone is 1. The Morgan fingerprint density at radius 1 is 1.50 bits per heavy atom. The fourth-order valence-electron chi connectivity index (χ4n) is 1.77. The van der Waals surface area contributed by atoms with Crippen molar-refractivity contribution in [3.63, 3.8) is 0 Å². The molecule has 0 aromatic rings. The first-order valence-corrected chi connectivity index (χ1v) is 6.87. The van der Waals surface area contributed by atoms with E-state index in [0.717, 1.165) is 19.3 Å². The maximum Gasteiger partial charge on any atom is 0.279 e. The van der Waals surface area contributed by atoms with Crippen molar-refractivity contribution >= 4 is 17.0 Å². The van der Waals surface area contributed by atoms with Crippen LogP contribution in [0.25, 0.3) is 0 Å². The van der Waals surface area contributed by atoms with Crippen LogP contribution in [-0.4, -0.2) is 22.6 Å². The highest BCUT2D eigenvalue weighted by Crippen LogP contribution is 2.15. The molecule has 1 rings (SSSR count). The summed E-state index contributed by atoms with van der Waals surface area (Å²) in [6, 6.07) is 0.0484. The molecule has 2 unspecified atom stereocenters. The number of carbonyl (C=O) groups excluding carboxylic acids is 1. The second kappa shape index (κ2) is 6.97. The van der Waals surface area contributed by atoms with Crippen molar-refractivity contribution in [3.05, 3.63) is 12.2 Å². The molecule has 4 heteroatoms. The van der Waals surface area contributed by atoms with Crippen molar-refractivity contribution in [2.45, 2.75) is 56.9 Å². The summed E-state index contributed by atoms with van der Waals surface area (Å²) in [5.41, 5.74) is 6.02. The lowest BCUT2D eigenvalue weighted by atomic mass is 9.98. The molecule has 0 heterocycles. The summed E-state index contributed by atoms with van der Waals surface area (Å²) in [6.45, 7) is 4.03. The first-order valence-electron chi connectivity index (χ1n) is 5.99. The second-order valence-corrected chi connectivity index (χ2v) is 6.04. The van der Waals surface area contributed by atoms with E-state index in [1.807, 2.05) is 19.9 Å². The molecule has 0 aliphatic heterocycles. The summed E-state index contributed by atoms with van der Waals surface area (Å²) in [4.78, 5) is 11.6. The van der Waals surface area contributed by atoms with Gasteiger partial charge in [0.15, 0.2) is 0 Å². The highest BCUT2D eigenvalue weighted by atomic mass is 32.2. The summed E-state index contributed by atoms with van der Waals surface area (Å²) in [5, 5.41) is 3.38. The van der Waals surface area contributed by atoms with Crippen LogP contribution in [0.5, 0.6) is 0 Å². The van der Waals surface area contributed by atoms with Gasteiger partial charge in [-0.1, -0.05) is 44.2 Å². The fourth-order valence-corrected chi connectivity index (χ4v) is 2.42. The number of hydrogen-bond acceptors (Lipinski definition) is 3. The number of nitrogens with one attached hydrogen (secondary N) is 1. The van der Waals surface area contributed by atoms with Gasteiger partial charge in [-0.3, -0.25) is 4.79 Å². The van der Waals surface area contributed by atoms with E-state index in [1.54, 1.807) is 0 Å². The maximum atomic E-state index is 11.6. The van der Waals surface area contributed by atoms with Gasteiger partial charge >= 0.3 is 0 Å². The van der Waals surface area contributed by atoms with E-state index in [0.29, 0.717) is 5.25 Å². The minimum absolute atomic E-state index is 0.0444. The Labute approximate surface area is 102 Å². The molecule has 2 atom stereocenters. The minimum atomic E-state index is -0.0444. The Kier molecular flexibility index (Phi) is 5.91. The second-order valence-electron chi connectivity index (χ2n) is 4.49. The van der Waals surface area contributed by atoms with Crippen LogP contribution in [0, 0.1) is 0 Å². The zero-order valence-corrected chi connectivity index (χ0v) is 10.9. The van der Waals surface area contributed by atoms with Crippen LogP contribution in [0.1, 0.15) is 39.5 Å². The van der Waals surface area contributed by atoms with Gasteiger partial charge in [0.25, 0.3) is 5.24 Å². The van der Waals surface area contributed by atoms with Crippen LogP contribution >= 0.6 is 11.8 Å². The zero-order valence-electron chi connectivity index (χ0n) is 10.1. The van der Waals surface area contributed by atoms with Gasteiger partial charge < -0.3 is 11.1 Å². The molecule has 1 amide bonds. The van der Waals surface area contributed by atoms with Gasteiger partial charge in [0, 0.05) is 17.3 Å². The van der Waals surface area contributed by atoms with E-state index in [2.05, 4.69) is 11.4 Å². The molecule has 0 saturated carbocycles. The molecule has 3 N–H and O–H groups in total.